The second-order valence-electron chi connectivity index (χ2n) is 6.50. The first kappa shape index (κ1) is 21.3. The number of halogens is 1. The molecule has 0 saturated carbocycles. The van der Waals surface area contributed by atoms with Crippen LogP contribution in [0.5, 0.6) is 11.5 Å². The monoisotopic (exact) mass is 470 g/mol. The summed E-state index contributed by atoms with van der Waals surface area (Å²) in [7, 11) is 1.64. The first-order valence-corrected chi connectivity index (χ1v) is 11.1. The number of thiophene rings is 1. The molecule has 0 bridgehead atoms. The number of carbonyl (C=O) groups excluding carboxylic acids is 1. The van der Waals surface area contributed by atoms with Crippen LogP contribution in [-0.2, 0) is 13.0 Å². The molecule has 150 valence electrons. The molecule has 0 aliphatic rings. The molecule has 0 aliphatic heterocycles. The Bertz CT molecular complexity index is 1010. The number of hydrogen-bond donors (Lipinski definition) is 0. The molecule has 3 nitrogen and oxygen atoms in total. The number of carbonyl (C=O) groups is 1. The number of methoxy groups -OCH3 is 1. The molecule has 29 heavy (non-hydrogen) atoms. The van der Waals surface area contributed by atoms with Crippen molar-refractivity contribution in [1.29, 1.82) is 0 Å². The summed E-state index contributed by atoms with van der Waals surface area (Å²) in [6.45, 7) is 2.51. The van der Waals surface area contributed by atoms with E-state index in [1.165, 1.54) is 4.88 Å². The summed E-state index contributed by atoms with van der Waals surface area (Å²) >= 11 is 5.06. The lowest BCUT2D eigenvalue weighted by atomic mass is 10.1. The minimum atomic E-state index is 0.0270. The van der Waals surface area contributed by atoms with E-state index in [2.05, 4.69) is 22.9 Å². The Morgan fingerprint density at radius 3 is 2.69 bits per heavy atom. The van der Waals surface area contributed by atoms with Crippen molar-refractivity contribution < 1.29 is 14.3 Å². The molecule has 2 aromatic carbocycles. The highest BCUT2D eigenvalue weighted by Gasteiger charge is 2.08. The minimum absolute atomic E-state index is 0.0270. The molecule has 0 radical (unpaired) electrons. The molecule has 0 aliphatic carbocycles. The van der Waals surface area contributed by atoms with Gasteiger partial charge in [0.05, 0.1) is 16.5 Å². The number of allylic oxidation sites excluding steroid dienone is 1. The zero-order valence-corrected chi connectivity index (χ0v) is 18.9. The van der Waals surface area contributed by atoms with E-state index in [0.717, 1.165) is 44.8 Å². The maximum Gasteiger partial charge on any atom is 0.195 e. The van der Waals surface area contributed by atoms with E-state index in [9.17, 15) is 4.79 Å². The van der Waals surface area contributed by atoms with Gasteiger partial charge in [0.15, 0.2) is 5.78 Å². The Balaban J connectivity index is 1.72. The Morgan fingerprint density at radius 1 is 1.10 bits per heavy atom. The van der Waals surface area contributed by atoms with Crippen LogP contribution in [0.4, 0.5) is 0 Å². The van der Waals surface area contributed by atoms with Gasteiger partial charge in [-0.15, -0.1) is 11.3 Å². The van der Waals surface area contributed by atoms with Crippen LogP contribution in [0.2, 0.25) is 0 Å². The summed E-state index contributed by atoms with van der Waals surface area (Å²) < 4.78 is 12.3. The number of rotatable bonds is 9. The first-order chi connectivity index (χ1) is 14.1. The van der Waals surface area contributed by atoms with Gasteiger partial charge < -0.3 is 9.47 Å². The Hall–Kier alpha value is -2.37. The highest BCUT2D eigenvalue weighted by molar-refractivity contribution is 9.10. The molecule has 0 fully saturated rings. The van der Waals surface area contributed by atoms with Gasteiger partial charge in [0.2, 0.25) is 0 Å². The summed E-state index contributed by atoms with van der Waals surface area (Å²) in [6.07, 6.45) is 5.56. The normalized spacial score (nSPS) is 11.0. The highest BCUT2D eigenvalue weighted by atomic mass is 79.9. The second kappa shape index (κ2) is 10.4. The van der Waals surface area contributed by atoms with E-state index in [1.807, 2.05) is 60.7 Å². The lowest BCUT2D eigenvalue weighted by Gasteiger charge is -2.12. The molecular weight excluding hydrogens is 448 g/mol. The van der Waals surface area contributed by atoms with Gasteiger partial charge in [0.1, 0.15) is 18.1 Å². The van der Waals surface area contributed by atoms with Crippen molar-refractivity contribution in [2.75, 3.05) is 7.11 Å². The molecule has 3 aromatic rings. The number of para-hydroxylation sites is 1. The van der Waals surface area contributed by atoms with E-state index < -0.39 is 0 Å². The van der Waals surface area contributed by atoms with Crippen molar-refractivity contribution >= 4 is 39.1 Å². The van der Waals surface area contributed by atoms with Gasteiger partial charge in [0, 0.05) is 10.4 Å². The Morgan fingerprint density at radius 2 is 1.93 bits per heavy atom. The maximum absolute atomic E-state index is 12.5. The fourth-order valence-corrected chi connectivity index (χ4v) is 4.31. The molecule has 0 amide bonds. The van der Waals surface area contributed by atoms with Gasteiger partial charge in [-0.05, 0) is 70.4 Å². The van der Waals surface area contributed by atoms with Gasteiger partial charge in [-0.1, -0.05) is 37.6 Å². The van der Waals surface area contributed by atoms with Crippen molar-refractivity contribution in [3.05, 3.63) is 86.0 Å². The summed E-state index contributed by atoms with van der Waals surface area (Å²) in [5.41, 5.74) is 1.84. The van der Waals surface area contributed by atoms with E-state index in [0.29, 0.717) is 6.61 Å². The minimum Gasteiger partial charge on any atom is -0.496 e. The molecular formula is C24H23BrO3S. The summed E-state index contributed by atoms with van der Waals surface area (Å²) in [4.78, 5) is 14.5. The van der Waals surface area contributed by atoms with Crippen molar-refractivity contribution in [2.45, 2.75) is 26.4 Å². The smallest absolute Gasteiger partial charge is 0.195 e. The zero-order valence-electron chi connectivity index (χ0n) is 16.5. The van der Waals surface area contributed by atoms with E-state index in [1.54, 1.807) is 24.5 Å². The fraction of sp³-hybridized carbons (Fsp3) is 0.208. The molecule has 3 rings (SSSR count). The number of hydrogen-bond acceptors (Lipinski definition) is 4. The van der Waals surface area contributed by atoms with E-state index in [4.69, 9.17) is 9.47 Å². The lowest BCUT2D eigenvalue weighted by molar-refractivity contribution is 0.105. The molecule has 1 heterocycles. The second-order valence-corrected chi connectivity index (χ2v) is 8.53. The van der Waals surface area contributed by atoms with Crippen LogP contribution >= 0.6 is 27.3 Å². The molecule has 5 heteroatoms. The van der Waals surface area contributed by atoms with Crippen LogP contribution in [0.3, 0.4) is 0 Å². The summed E-state index contributed by atoms with van der Waals surface area (Å²) in [6, 6.07) is 17.5. The van der Waals surface area contributed by atoms with Crippen LogP contribution in [0.1, 0.15) is 39.0 Å². The predicted molar refractivity (Wildman–Crippen MR) is 123 cm³/mol. The van der Waals surface area contributed by atoms with Crippen LogP contribution in [0.15, 0.2) is 65.1 Å². The number of ether oxygens (including phenoxy) is 2. The van der Waals surface area contributed by atoms with Crippen molar-refractivity contribution in [3.63, 3.8) is 0 Å². The molecule has 0 N–H and O–H groups in total. The van der Waals surface area contributed by atoms with Gasteiger partial charge in [0.25, 0.3) is 0 Å². The average Bonchev–Trinajstić information content (AvgIpc) is 3.20. The van der Waals surface area contributed by atoms with Crippen molar-refractivity contribution in [3.8, 4) is 11.5 Å². The van der Waals surface area contributed by atoms with Gasteiger partial charge in [-0.3, -0.25) is 4.79 Å². The summed E-state index contributed by atoms with van der Waals surface area (Å²) in [5.74, 6) is 1.55. The van der Waals surface area contributed by atoms with Gasteiger partial charge in [-0.25, -0.2) is 0 Å². The van der Waals surface area contributed by atoms with Crippen LogP contribution in [0.25, 0.3) is 6.08 Å². The number of aryl methyl sites for hydroxylation is 1. The quantitative estimate of drug-likeness (QED) is 0.250. The Kier molecular flexibility index (Phi) is 7.67. The highest BCUT2D eigenvalue weighted by Crippen LogP contribution is 2.27. The maximum atomic E-state index is 12.5. The van der Waals surface area contributed by atoms with E-state index in [-0.39, 0.29) is 5.78 Å². The SMILES string of the molecule is CCCc1ccc(C(=O)/C=C/c2ccc(OC)c(COc3ccccc3Br)c2)s1. The molecule has 0 saturated heterocycles. The topological polar surface area (TPSA) is 35.5 Å². The number of ketones is 1. The third-order valence-corrected chi connectivity index (χ3v) is 6.17. The van der Waals surface area contributed by atoms with Crippen LogP contribution in [0, 0.1) is 0 Å². The van der Waals surface area contributed by atoms with Gasteiger partial charge >= 0.3 is 0 Å². The standard InChI is InChI=1S/C24H23BrO3S/c1-3-6-19-11-14-24(29-19)21(26)12-9-17-10-13-22(27-2)18(15-17)16-28-23-8-5-4-7-20(23)25/h4-5,7-15H,3,6,16H2,1-2H3/b12-9+. The lowest BCUT2D eigenvalue weighted by Crippen LogP contribution is -2.00. The molecule has 0 atom stereocenters. The largest absolute Gasteiger partial charge is 0.496 e. The van der Waals surface area contributed by atoms with Crippen LogP contribution < -0.4 is 9.47 Å². The van der Waals surface area contributed by atoms with Crippen molar-refractivity contribution in [2.24, 2.45) is 0 Å². The third kappa shape index (κ3) is 5.81. The van der Waals surface area contributed by atoms with E-state index >= 15 is 0 Å². The Labute approximate surface area is 184 Å². The van der Waals surface area contributed by atoms with Crippen LogP contribution in [-0.4, -0.2) is 12.9 Å². The molecule has 1 aromatic heterocycles. The predicted octanol–water partition coefficient (Wildman–Crippen LogP) is 6.95. The third-order valence-electron chi connectivity index (χ3n) is 4.35. The fourth-order valence-electron chi connectivity index (χ4n) is 2.88. The molecule has 0 spiro atoms. The molecule has 0 unspecified atom stereocenters. The summed E-state index contributed by atoms with van der Waals surface area (Å²) in [5, 5.41) is 0. The number of benzene rings is 2. The first-order valence-electron chi connectivity index (χ1n) is 9.46. The zero-order chi connectivity index (χ0) is 20.6. The average molecular weight is 471 g/mol. The van der Waals surface area contributed by atoms with Crippen molar-refractivity contribution in [1.82, 2.24) is 0 Å². The van der Waals surface area contributed by atoms with Gasteiger partial charge in [-0.2, -0.15) is 0 Å².